The van der Waals surface area contributed by atoms with Crippen molar-refractivity contribution in [1.82, 2.24) is 0 Å². The smallest absolute Gasteiger partial charge is 0.00252 e. The molecule has 0 unspecified atom stereocenters. The first-order chi connectivity index (χ1) is 18.0. The van der Waals surface area contributed by atoms with Crippen LogP contribution in [0.2, 0.25) is 0 Å². The van der Waals surface area contributed by atoms with Gasteiger partial charge in [-0.05, 0) is 113 Å². The van der Waals surface area contributed by atoms with Crippen LogP contribution in [0.15, 0.2) is 85.5 Å². The Kier molecular flexibility index (Phi) is 6.76. The Morgan fingerprint density at radius 2 is 1.65 bits per heavy atom. The minimum atomic E-state index is 0.603. The van der Waals surface area contributed by atoms with Crippen LogP contribution in [0, 0.1) is 11.8 Å². The average Bonchev–Trinajstić information content (AvgIpc) is 3.37. The van der Waals surface area contributed by atoms with Gasteiger partial charge in [-0.3, -0.25) is 0 Å². The molecule has 0 aromatic heterocycles. The quantitative estimate of drug-likeness (QED) is 0.293. The molecule has 3 aliphatic carbocycles. The fraction of sp³-hybridized carbons (Fsp3) is 0.351. The molecule has 0 spiro atoms. The molecule has 2 fully saturated rings. The Morgan fingerprint density at radius 1 is 0.838 bits per heavy atom. The molecule has 6 rings (SSSR count). The minimum absolute atomic E-state index is 0.603. The van der Waals surface area contributed by atoms with Gasteiger partial charge < -0.3 is 0 Å². The summed E-state index contributed by atoms with van der Waals surface area (Å²) in [7, 11) is 0. The normalized spacial score (nSPS) is 20.9. The van der Waals surface area contributed by atoms with Crippen molar-refractivity contribution in [3.8, 4) is 11.1 Å². The average molecular weight is 485 g/mol. The highest BCUT2D eigenvalue weighted by Gasteiger charge is 2.31. The van der Waals surface area contributed by atoms with Crippen LogP contribution in [0.25, 0.3) is 22.8 Å². The summed E-state index contributed by atoms with van der Waals surface area (Å²) in [5.74, 6) is 1.98. The summed E-state index contributed by atoms with van der Waals surface area (Å²) >= 11 is 0. The van der Waals surface area contributed by atoms with E-state index in [1.54, 1.807) is 5.56 Å². The fourth-order valence-corrected chi connectivity index (χ4v) is 6.85. The predicted octanol–water partition coefficient (Wildman–Crippen LogP) is 10.2. The van der Waals surface area contributed by atoms with Crippen LogP contribution in [0.4, 0.5) is 0 Å². The first kappa shape index (κ1) is 24.2. The maximum atomic E-state index is 4.52. The zero-order chi connectivity index (χ0) is 25.4. The molecule has 2 saturated carbocycles. The Labute approximate surface area is 223 Å². The van der Waals surface area contributed by atoms with Crippen LogP contribution in [-0.2, 0) is 12.8 Å². The van der Waals surface area contributed by atoms with E-state index in [4.69, 9.17) is 0 Å². The summed E-state index contributed by atoms with van der Waals surface area (Å²) < 4.78 is 0. The molecule has 37 heavy (non-hydrogen) atoms. The van der Waals surface area contributed by atoms with E-state index in [-0.39, 0.29) is 0 Å². The van der Waals surface area contributed by atoms with Crippen LogP contribution < -0.4 is 0 Å². The molecule has 0 amide bonds. The van der Waals surface area contributed by atoms with Crippen molar-refractivity contribution in [2.24, 2.45) is 11.8 Å². The molecule has 0 heterocycles. The molecule has 0 saturated heterocycles. The molecule has 0 heteroatoms. The summed E-state index contributed by atoms with van der Waals surface area (Å²) in [5.41, 5.74) is 14.0. The van der Waals surface area contributed by atoms with Crippen LogP contribution in [-0.4, -0.2) is 0 Å². The molecule has 188 valence electrons. The summed E-state index contributed by atoms with van der Waals surface area (Å²) in [6.45, 7) is 10.8. The van der Waals surface area contributed by atoms with Crippen LogP contribution >= 0.6 is 0 Å². The Hall–Kier alpha value is -3.12. The Balaban J connectivity index is 1.30. The fourth-order valence-electron chi connectivity index (χ4n) is 6.85. The van der Waals surface area contributed by atoms with Gasteiger partial charge in [-0.15, -0.1) is 0 Å². The monoisotopic (exact) mass is 484 g/mol. The van der Waals surface area contributed by atoms with Crippen LogP contribution in [0.1, 0.15) is 91.2 Å². The van der Waals surface area contributed by atoms with Crippen molar-refractivity contribution in [3.05, 3.63) is 119 Å². The molecule has 3 aliphatic rings. The maximum absolute atomic E-state index is 4.52. The molecule has 0 N–H and O–H groups in total. The van der Waals surface area contributed by atoms with E-state index in [2.05, 4.69) is 92.9 Å². The topological polar surface area (TPSA) is 0 Å². The van der Waals surface area contributed by atoms with E-state index in [0.717, 1.165) is 12.8 Å². The lowest BCUT2D eigenvalue weighted by Gasteiger charge is -2.37. The molecule has 0 bridgehead atoms. The SMILES string of the molecule is C=C(C)C1CC(C(=C)c2cccc(Cc3cc(-c4cccc5c4C=CC5)cc(C4CCCCC4)c3)c2)C1. The maximum Gasteiger partial charge on any atom is -0.00252 e. The molecule has 0 radical (unpaired) electrons. The van der Waals surface area contributed by atoms with Crippen molar-refractivity contribution >= 4 is 11.6 Å². The second kappa shape index (κ2) is 10.3. The van der Waals surface area contributed by atoms with Crippen molar-refractivity contribution in [2.75, 3.05) is 0 Å². The first-order valence-electron chi connectivity index (χ1n) is 14.4. The van der Waals surface area contributed by atoms with E-state index < -0.39 is 0 Å². The Morgan fingerprint density at radius 3 is 2.46 bits per heavy atom. The van der Waals surface area contributed by atoms with Gasteiger partial charge >= 0.3 is 0 Å². The number of fused-ring (bicyclic) bond motifs is 1. The summed E-state index contributed by atoms with van der Waals surface area (Å²) in [5, 5.41) is 0. The molecular weight excluding hydrogens is 444 g/mol. The lowest BCUT2D eigenvalue weighted by molar-refractivity contribution is 0.291. The Bertz CT molecular complexity index is 1350. The van der Waals surface area contributed by atoms with Crippen LogP contribution in [0.5, 0.6) is 0 Å². The van der Waals surface area contributed by atoms with E-state index in [0.29, 0.717) is 17.8 Å². The van der Waals surface area contributed by atoms with Crippen molar-refractivity contribution in [3.63, 3.8) is 0 Å². The highest BCUT2D eigenvalue weighted by molar-refractivity contribution is 5.80. The first-order valence-corrected chi connectivity index (χ1v) is 14.4. The highest BCUT2D eigenvalue weighted by Crippen LogP contribution is 2.45. The summed E-state index contributed by atoms with van der Waals surface area (Å²) in [6.07, 6.45) is 15.9. The van der Waals surface area contributed by atoms with E-state index >= 15 is 0 Å². The standard InChI is InChI=1S/C37H40/c1-25(2)32-22-33(23-32)26(3)31-15-7-10-27(19-31)18-28-20-34(29-11-5-4-6-12-29)24-35(21-28)37-17-9-14-30-13-8-16-36(30)37/h7-10,14-17,19-21,24,29,32-33H,1,3-6,11-13,18,22-23H2,2H3. The van der Waals surface area contributed by atoms with Crippen molar-refractivity contribution < 1.29 is 0 Å². The van der Waals surface area contributed by atoms with Gasteiger partial charge in [0.05, 0.1) is 0 Å². The number of allylic oxidation sites excluding steroid dienone is 3. The second-order valence-corrected chi connectivity index (χ2v) is 11.9. The summed E-state index contributed by atoms with van der Waals surface area (Å²) in [6, 6.07) is 23.5. The van der Waals surface area contributed by atoms with Crippen molar-refractivity contribution in [2.45, 2.75) is 70.6 Å². The molecule has 0 atom stereocenters. The van der Waals surface area contributed by atoms with Gasteiger partial charge in [0.2, 0.25) is 0 Å². The molecular formula is C37H40. The van der Waals surface area contributed by atoms with Gasteiger partial charge in [-0.1, -0.05) is 111 Å². The third-order valence-electron chi connectivity index (χ3n) is 9.26. The van der Waals surface area contributed by atoms with Gasteiger partial charge in [0, 0.05) is 0 Å². The van der Waals surface area contributed by atoms with E-state index in [1.165, 1.54) is 95.0 Å². The van der Waals surface area contributed by atoms with E-state index in [1.807, 2.05) is 0 Å². The van der Waals surface area contributed by atoms with Gasteiger partial charge in [0.15, 0.2) is 0 Å². The van der Waals surface area contributed by atoms with Gasteiger partial charge in [0.1, 0.15) is 0 Å². The molecule has 0 nitrogen and oxygen atoms in total. The number of hydrogen-bond acceptors (Lipinski definition) is 0. The minimum Gasteiger partial charge on any atom is -0.0999 e. The summed E-state index contributed by atoms with van der Waals surface area (Å²) in [4.78, 5) is 0. The molecule has 3 aromatic rings. The highest BCUT2D eigenvalue weighted by atomic mass is 14.4. The predicted molar refractivity (Wildman–Crippen MR) is 160 cm³/mol. The third kappa shape index (κ3) is 5.04. The number of benzene rings is 3. The lowest BCUT2D eigenvalue weighted by Crippen LogP contribution is -2.25. The van der Waals surface area contributed by atoms with E-state index in [9.17, 15) is 0 Å². The zero-order valence-electron chi connectivity index (χ0n) is 22.4. The van der Waals surface area contributed by atoms with Crippen LogP contribution in [0.3, 0.4) is 0 Å². The van der Waals surface area contributed by atoms with Gasteiger partial charge in [-0.25, -0.2) is 0 Å². The van der Waals surface area contributed by atoms with Gasteiger partial charge in [0.25, 0.3) is 0 Å². The number of rotatable bonds is 7. The largest absolute Gasteiger partial charge is 0.0999 e. The number of hydrogen-bond donors (Lipinski definition) is 0. The molecule has 3 aromatic carbocycles. The lowest BCUT2D eigenvalue weighted by atomic mass is 9.67. The molecule has 0 aliphatic heterocycles. The van der Waals surface area contributed by atoms with Crippen molar-refractivity contribution in [1.29, 1.82) is 0 Å². The second-order valence-electron chi connectivity index (χ2n) is 11.9. The van der Waals surface area contributed by atoms with Gasteiger partial charge in [-0.2, -0.15) is 0 Å². The zero-order valence-corrected chi connectivity index (χ0v) is 22.4. The third-order valence-corrected chi connectivity index (χ3v) is 9.26.